The van der Waals surface area contributed by atoms with Crippen LogP contribution in [0.3, 0.4) is 0 Å². The SMILES string of the molecule is CC(C)c1ccc(C2/C(=C(\O)c3ccc4c(c3)OCCO4)C(=O)C(=O)N2CCCN2CCOCC2)cc1. The molecule has 1 N–H and O–H groups in total. The molecule has 0 aromatic heterocycles. The smallest absolute Gasteiger partial charge is 0.295 e. The van der Waals surface area contributed by atoms with Crippen LogP contribution in [0.5, 0.6) is 11.5 Å². The summed E-state index contributed by atoms with van der Waals surface area (Å²) in [6, 6.07) is 12.4. The van der Waals surface area contributed by atoms with Gasteiger partial charge in [0.15, 0.2) is 11.5 Å². The average Bonchev–Trinajstić information content (AvgIpc) is 3.18. The number of carbonyl (C=O) groups excluding carboxylic acids is 2. The molecule has 8 heteroatoms. The minimum atomic E-state index is -0.670. The van der Waals surface area contributed by atoms with Crippen LogP contribution in [0.15, 0.2) is 48.0 Å². The molecule has 5 rings (SSSR count). The zero-order valence-electron chi connectivity index (χ0n) is 21.4. The maximum atomic E-state index is 13.4. The molecule has 196 valence electrons. The third kappa shape index (κ3) is 5.22. The Balaban J connectivity index is 1.49. The molecule has 0 bridgehead atoms. The lowest BCUT2D eigenvalue weighted by atomic mass is 9.93. The molecule has 2 saturated heterocycles. The van der Waals surface area contributed by atoms with E-state index in [1.54, 1.807) is 23.1 Å². The number of amides is 1. The van der Waals surface area contributed by atoms with Crippen LogP contribution in [0.2, 0.25) is 0 Å². The minimum absolute atomic E-state index is 0.102. The number of Topliss-reactive ketones (excluding diaryl/α,β-unsaturated/α-hetero) is 1. The third-order valence-corrected chi connectivity index (χ3v) is 7.25. The Bertz CT molecular complexity index is 1180. The number of nitrogens with zero attached hydrogens (tertiary/aromatic N) is 2. The molecule has 2 aromatic rings. The van der Waals surface area contributed by atoms with Crippen molar-refractivity contribution in [2.24, 2.45) is 0 Å². The van der Waals surface area contributed by atoms with E-state index in [2.05, 4.69) is 18.7 Å². The Hall–Kier alpha value is -3.36. The summed E-state index contributed by atoms with van der Waals surface area (Å²) in [7, 11) is 0. The van der Waals surface area contributed by atoms with Gasteiger partial charge < -0.3 is 24.2 Å². The number of likely N-dealkylation sites (tertiary alicyclic amines) is 1. The summed E-state index contributed by atoms with van der Waals surface area (Å²) in [5, 5.41) is 11.4. The van der Waals surface area contributed by atoms with Gasteiger partial charge in [0.1, 0.15) is 19.0 Å². The molecule has 3 aliphatic heterocycles. The van der Waals surface area contributed by atoms with E-state index in [9.17, 15) is 14.7 Å². The van der Waals surface area contributed by atoms with Gasteiger partial charge in [-0.1, -0.05) is 38.1 Å². The highest BCUT2D eigenvalue weighted by Crippen LogP contribution is 2.41. The van der Waals surface area contributed by atoms with Crippen LogP contribution in [0.4, 0.5) is 0 Å². The Morgan fingerprint density at radius 2 is 1.65 bits per heavy atom. The van der Waals surface area contributed by atoms with Crippen molar-refractivity contribution < 1.29 is 28.9 Å². The molecule has 0 radical (unpaired) electrons. The molecule has 8 nitrogen and oxygen atoms in total. The van der Waals surface area contributed by atoms with Crippen LogP contribution in [0, 0.1) is 0 Å². The highest BCUT2D eigenvalue weighted by molar-refractivity contribution is 6.46. The van der Waals surface area contributed by atoms with Gasteiger partial charge in [-0.25, -0.2) is 0 Å². The number of aliphatic hydroxyl groups excluding tert-OH is 1. The summed E-state index contributed by atoms with van der Waals surface area (Å²) in [6.07, 6.45) is 0.720. The van der Waals surface area contributed by atoms with Gasteiger partial charge in [0.2, 0.25) is 0 Å². The largest absolute Gasteiger partial charge is 0.507 e. The lowest BCUT2D eigenvalue weighted by Gasteiger charge is -2.29. The second-order valence-corrected chi connectivity index (χ2v) is 9.98. The van der Waals surface area contributed by atoms with Crippen molar-refractivity contribution in [3.05, 3.63) is 64.7 Å². The number of rotatable bonds is 7. The first-order chi connectivity index (χ1) is 17.9. The van der Waals surface area contributed by atoms with Crippen molar-refractivity contribution in [2.75, 3.05) is 52.6 Å². The van der Waals surface area contributed by atoms with Gasteiger partial charge in [0.25, 0.3) is 11.7 Å². The summed E-state index contributed by atoms with van der Waals surface area (Å²) in [5.74, 6) is -0.00800. The minimum Gasteiger partial charge on any atom is -0.507 e. The average molecular weight is 507 g/mol. The number of benzene rings is 2. The van der Waals surface area contributed by atoms with E-state index in [0.717, 1.165) is 31.6 Å². The number of carbonyl (C=O) groups is 2. The quantitative estimate of drug-likeness (QED) is 0.348. The van der Waals surface area contributed by atoms with Crippen LogP contribution in [-0.2, 0) is 14.3 Å². The number of fused-ring (bicyclic) bond motifs is 1. The highest BCUT2D eigenvalue weighted by Gasteiger charge is 2.46. The second-order valence-electron chi connectivity index (χ2n) is 9.98. The third-order valence-electron chi connectivity index (χ3n) is 7.25. The number of ether oxygens (including phenoxy) is 3. The lowest BCUT2D eigenvalue weighted by molar-refractivity contribution is -0.140. The molecule has 1 atom stereocenters. The van der Waals surface area contributed by atoms with Crippen molar-refractivity contribution in [3.8, 4) is 11.5 Å². The molecular formula is C29H34N2O6. The van der Waals surface area contributed by atoms with Crippen molar-refractivity contribution in [1.29, 1.82) is 0 Å². The maximum Gasteiger partial charge on any atom is 0.295 e. The molecule has 3 heterocycles. The molecule has 1 unspecified atom stereocenters. The van der Waals surface area contributed by atoms with Gasteiger partial charge in [-0.15, -0.1) is 0 Å². The summed E-state index contributed by atoms with van der Waals surface area (Å²) in [4.78, 5) is 30.5. The van der Waals surface area contributed by atoms with Crippen LogP contribution in [0.1, 0.15) is 48.9 Å². The molecular weight excluding hydrogens is 472 g/mol. The highest BCUT2D eigenvalue weighted by atomic mass is 16.6. The zero-order valence-corrected chi connectivity index (χ0v) is 21.4. The Labute approximate surface area is 217 Å². The fourth-order valence-electron chi connectivity index (χ4n) is 5.16. The van der Waals surface area contributed by atoms with Crippen molar-refractivity contribution in [3.63, 3.8) is 0 Å². The van der Waals surface area contributed by atoms with Gasteiger partial charge in [0, 0.05) is 31.7 Å². The van der Waals surface area contributed by atoms with E-state index >= 15 is 0 Å². The van der Waals surface area contributed by atoms with Crippen molar-refractivity contribution >= 4 is 17.4 Å². The first kappa shape index (κ1) is 25.3. The Kier molecular flexibility index (Phi) is 7.48. The number of aliphatic hydroxyl groups is 1. The van der Waals surface area contributed by atoms with E-state index in [0.29, 0.717) is 56.0 Å². The van der Waals surface area contributed by atoms with Crippen molar-refractivity contribution in [1.82, 2.24) is 9.80 Å². The summed E-state index contributed by atoms with van der Waals surface area (Å²) >= 11 is 0. The molecule has 37 heavy (non-hydrogen) atoms. The van der Waals surface area contributed by atoms with Gasteiger partial charge >= 0.3 is 0 Å². The van der Waals surface area contributed by atoms with Crippen LogP contribution in [-0.4, -0.2) is 79.2 Å². The second kappa shape index (κ2) is 10.9. The fourth-order valence-corrected chi connectivity index (χ4v) is 5.16. The summed E-state index contributed by atoms with van der Waals surface area (Å²) < 4.78 is 16.7. The van der Waals surface area contributed by atoms with Crippen molar-refractivity contribution in [2.45, 2.75) is 32.2 Å². The number of ketones is 1. The van der Waals surface area contributed by atoms with E-state index < -0.39 is 17.7 Å². The van der Waals surface area contributed by atoms with Gasteiger partial charge in [0.05, 0.1) is 24.8 Å². The number of hydrogen-bond acceptors (Lipinski definition) is 7. The summed E-state index contributed by atoms with van der Waals surface area (Å²) in [5.41, 5.74) is 2.48. The Morgan fingerprint density at radius 3 is 2.35 bits per heavy atom. The Morgan fingerprint density at radius 1 is 0.946 bits per heavy atom. The molecule has 1 amide bonds. The molecule has 2 fully saturated rings. The summed E-state index contributed by atoms with van der Waals surface area (Å²) in [6.45, 7) is 9.48. The van der Waals surface area contributed by atoms with Crippen LogP contribution < -0.4 is 9.47 Å². The molecule has 0 spiro atoms. The fraction of sp³-hybridized carbons (Fsp3) is 0.448. The zero-order chi connectivity index (χ0) is 25.9. The number of hydrogen-bond donors (Lipinski definition) is 1. The maximum absolute atomic E-state index is 13.4. The van der Waals surface area contributed by atoms with Gasteiger partial charge in [-0.3, -0.25) is 14.5 Å². The first-order valence-corrected chi connectivity index (χ1v) is 13.0. The van der Waals surface area contributed by atoms with Gasteiger partial charge in [-0.05, 0) is 41.7 Å². The molecule has 2 aromatic carbocycles. The predicted octanol–water partition coefficient (Wildman–Crippen LogP) is 3.73. The molecule has 0 saturated carbocycles. The standard InChI is InChI=1S/C29H34N2O6/c1-19(2)20-4-6-21(7-5-20)26-25(27(32)22-8-9-23-24(18-22)37-17-16-36-23)28(33)29(34)31(26)11-3-10-30-12-14-35-15-13-30/h4-9,18-19,26,32H,3,10-17H2,1-2H3/b27-25+. The topological polar surface area (TPSA) is 88.5 Å². The van der Waals surface area contributed by atoms with E-state index in [1.165, 1.54) is 5.56 Å². The van der Waals surface area contributed by atoms with Gasteiger partial charge in [-0.2, -0.15) is 0 Å². The van der Waals surface area contributed by atoms with Crippen LogP contribution >= 0.6 is 0 Å². The van der Waals surface area contributed by atoms with Crippen LogP contribution in [0.25, 0.3) is 5.76 Å². The van der Waals surface area contributed by atoms with E-state index in [-0.39, 0.29) is 11.3 Å². The first-order valence-electron chi connectivity index (χ1n) is 13.0. The van der Waals surface area contributed by atoms with E-state index in [1.807, 2.05) is 24.3 Å². The molecule has 3 aliphatic rings. The normalized spacial score (nSPS) is 21.6. The predicted molar refractivity (Wildman–Crippen MR) is 139 cm³/mol. The monoisotopic (exact) mass is 506 g/mol. The van der Waals surface area contributed by atoms with E-state index in [4.69, 9.17) is 14.2 Å². The molecule has 0 aliphatic carbocycles. The lowest BCUT2D eigenvalue weighted by Crippen LogP contribution is -2.38. The number of morpholine rings is 1.